The Hall–Kier alpha value is -0.790. The number of hydrogen-bond donors (Lipinski definition) is 1. The molecule has 1 rings (SSSR count). The molecule has 0 saturated heterocycles. The van der Waals surface area contributed by atoms with Crippen molar-refractivity contribution in [1.82, 2.24) is 4.98 Å². The standard InChI is InChI=1S/C48H94N2/c1-5-8-11-14-17-20-23-25-28-31-34-37-40-43-47(42-39-36-33-30-27-24-21-18-15-12-9-6-2)48-49-44-45-50(48)46(4)41-38-35-32-29-26-22-19-16-13-10-7-3/h44-47H,5-43H2,1-4H3/p+1. The molecule has 1 aromatic rings. The quantitative estimate of drug-likeness (QED) is 0.0518. The van der Waals surface area contributed by atoms with Crippen molar-refractivity contribution in [2.24, 2.45) is 0 Å². The van der Waals surface area contributed by atoms with Gasteiger partial charge in [-0.2, -0.15) is 0 Å². The van der Waals surface area contributed by atoms with E-state index in [-0.39, 0.29) is 0 Å². The van der Waals surface area contributed by atoms with Gasteiger partial charge in [-0.05, 0) is 32.6 Å². The Morgan fingerprint density at radius 1 is 0.380 bits per heavy atom. The van der Waals surface area contributed by atoms with Gasteiger partial charge < -0.3 is 0 Å². The maximum Gasteiger partial charge on any atom is 0.257 e. The van der Waals surface area contributed by atoms with Gasteiger partial charge in [0.05, 0.1) is 12.0 Å². The smallest absolute Gasteiger partial charge is 0.247 e. The summed E-state index contributed by atoms with van der Waals surface area (Å²) >= 11 is 0. The predicted molar refractivity (Wildman–Crippen MR) is 226 cm³/mol. The molecule has 2 nitrogen and oxygen atoms in total. The molecule has 0 aliphatic heterocycles. The Bertz CT molecular complexity index is 768. The van der Waals surface area contributed by atoms with Gasteiger partial charge in [-0.1, -0.05) is 245 Å². The lowest BCUT2D eigenvalue weighted by molar-refractivity contribution is -0.727. The number of imidazole rings is 1. The first-order valence-electron chi connectivity index (χ1n) is 23.8. The number of unbranched alkanes of at least 4 members (excludes halogenated alkanes) is 33. The van der Waals surface area contributed by atoms with Crippen molar-refractivity contribution in [2.45, 2.75) is 290 Å². The number of nitrogens with one attached hydrogen (secondary N) is 1. The van der Waals surface area contributed by atoms with E-state index in [1.165, 1.54) is 250 Å². The molecule has 0 aliphatic carbocycles. The predicted octanol–water partition coefficient (Wildman–Crippen LogP) is 17.2. The molecule has 0 fully saturated rings. The molecule has 0 amide bonds. The summed E-state index contributed by atoms with van der Waals surface area (Å²) in [4.78, 5) is 3.78. The highest BCUT2D eigenvalue weighted by atomic mass is 15.1. The van der Waals surface area contributed by atoms with E-state index < -0.39 is 0 Å². The minimum atomic E-state index is 0.617. The van der Waals surface area contributed by atoms with Crippen molar-refractivity contribution in [2.75, 3.05) is 0 Å². The fourth-order valence-electron chi connectivity index (χ4n) is 8.37. The molecule has 0 aliphatic rings. The van der Waals surface area contributed by atoms with Crippen molar-refractivity contribution in [1.29, 1.82) is 0 Å². The highest BCUT2D eigenvalue weighted by molar-refractivity contribution is 4.90. The fourth-order valence-corrected chi connectivity index (χ4v) is 8.37. The largest absolute Gasteiger partial charge is 0.257 e. The van der Waals surface area contributed by atoms with Crippen LogP contribution in [0.2, 0.25) is 0 Å². The number of aromatic nitrogens is 2. The van der Waals surface area contributed by atoms with Gasteiger partial charge in [-0.3, -0.25) is 0 Å². The lowest BCUT2D eigenvalue weighted by Gasteiger charge is -2.17. The third kappa shape index (κ3) is 28.8. The summed E-state index contributed by atoms with van der Waals surface area (Å²) in [6.45, 7) is 9.44. The average molecular weight is 700 g/mol. The topological polar surface area (TPSA) is 19.7 Å². The second-order valence-electron chi connectivity index (χ2n) is 16.8. The molecule has 0 bridgehead atoms. The first kappa shape index (κ1) is 47.2. The molecule has 296 valence electrons. The van der Waals surface area contributed by atoms with E-state index in [1.54, 1.807) is 5.82 Å². The number of rotatable bonds is 41. The maximum absolute atomic E-state index is 3.78. The van der Waals surface area contributed by atoms with Gasteiger partial charge in [-0.25, -0.2) is 9.55 Å². The minimum absolute atomic E-state index is 0.617. The van der Waals surface area contributed by atoms with Crippen LogP contribution in [0.15, 0.2) is 12.4 Å². The third-order valence-electron chi connectivity index (χ3n) is 11.9. The van der Waals surface area contributed by atoms with Gasteiger partial charge in [0.25, 0.3) is 5.82 Å². The Balaban J connectivity index is 2.39. The molecule has 1 N–H and O–H groups in total. The lowest BCUT2D eigenvalue weighted by Crippen LogP contribution is -2.41. The molecular formula is C48H95N2+. The van der Waals surface area contributed by atoms with Gasteiger partial charge in [0.15, 0.2) is 0 Å². The number of H-pyrrole nitrogens is 1. The summed E-state index contributed by atoms with van der Waals surface area (Å²) in [5, 5.41) is 0. The monoisotopic (exact) mass is 700 g/mol. The Morgan fingerprint density at radius 2 is 0.640 bits per heavy atom. The first-order chi connectivity index (χ1) is 24.7. The first-order valence-corrected chi connectivity index (χ1v) is 23.8. The fraction of sp³-hybridized carbons (Fsp3) is 0.938. The molecule has 0 aromatic carbocycles. The lowest BCUT2D eigenvalue weighted by atomic mass is 9.92. The molecule has 2 atom stereocenters. The van der Waals surface area contributed by atoms with Crippen molar-refractivity contribution in [3.8, 4) is 0 Å². The van der Waals surface area contributed by atoms with E-state index in [0.717, 1.165) is 0 Å². The van der Waals surface area contributed by atoms with Crippen LogP contribution in [-0.4, -0.2) is 4.98 Å². The normalized spacial score (nSPS) is 13.0. The van der Waals surface area contributed by atoms with E-state index in [2.05, 4.69) is 49.6 Å². The maximum atomic E-state index is 3.78. The van der Waals surface area contributed by atoms with Gasteiger partial charge in [-0.15, -0.1) is 0 Å². The highest BCUT2D eigenvalue weighted by Gasteiger charge is 2.25. The second kappa shape index (κ2) is 38.0. The van der Waals surface area contributed by atoms with Crippen molar-refractivity contribution < 1.29 is 4.57 Å². The summed E-state index contributed by atoms with van der Waals surface area (Å²) in [6, 6.07) is 0.617. The minimum Gasteiger partial charge on any atom is -0.247 e. The van der Waals surface area contributed by atoms with Crippen molar-refractivity contribution in [3.63, 3.8) is 0 Å². The summed E-state index contributed by atoms with van der Waals surface area (Å²) in [7, 11) is 0. The number of hydrogen-bond acceptors (Lipinski definition) is 0. The molecule has 0 spiro atoms. The van der Waals surface area contributed by atoms with Gasteiger partial charge in [0, 0.05) is 0 Å². The zero-order chi connectivity index (χ0) is 36.0. The molecule has 0 saturated carbocycles. The van der Waals surface area contributed by atoms with Crippen LogP contribution in [0.5, 0.6) is 0 Å². The van der Waals surface area contributed by atoms with Crippen LogP contribution in [0.25, 0.3) is 0 Å². The molecule has 0 radical (unpaired) electrons. The van der Waals surface area contributed by atoms with Crippen LogP contribution in [0.3, 0.4) is 0 Å². The average Bonchev–Trinajstić information content (AvgIpc) is 3.62. The van der Waals surface area contributed by atoms with E-state index >= 15 is 0 Å². The third-order valence-corrected chi connectivity index (χ3v) is 11.9. The zero-order valence-electron chi connectivity index (χ0n) is 35.3. The van der Waals surface area contributed by atoms with Crippen LogP contribution >= 0.6 is 0 Å². The molecule has 1 aromatic heterocycles. The Kier molecular flexibility index (Phi) is 35.8. The highest BCUT2D eigenvalue weighted by Crippen LogP contribution is 2.28. The molecule has 2 heteroatoms. The molecule has 50 heavy (non-hydrogen) atoms. The van der Waals surface area contributed by atoms with Crippen LogP contribution < -0.4 is 4.57 Å². The van der Waals surface area contributed by atoms with E-state index in [0.29, 0.717) is 12.0 Å². The second-order valence-corrected chi connectivity index (χ2v) is 16.8. The summed E-state index contributed by atoms with van der Waals surface area (Å²) in [5.41, 5.74) is 0. The molecule has 2 unspecified atom stereocenters. The SMILES string of the molecule is CCCCCCCCCCCCCCCC(CCCCCCCCCCCCCC)c1[nH]cc[n+]1C(C)CCCCCCCCCCCCC. The van der Waals surface area contributed by atoms with Crippen molar-refractivity contribution >= 4 is 0 Å². The van der Waals surface area contributed by atoms with Gasteiger partial charge >= 0.3 is 0 Å². The van der Waals surface area contributed by atoms with Crippen molar-refractivity contribution in [3.05, 3.63) is 18.2 Å². The number of nitrogens with zero attached hydrogens (tertiary/aromatic N) is 1. The summed E-state index contributed by atoms with van der Waals surface area (Å²) < 4.78 is 2.66. The molecular weight excluding hydrogens is 605 g/mol. The Morgan fingerprint density at radius 3 is 0.940 bits per heavy atom. The Labute approximate surface area is 316 Å². The van der Waals surface area contributed by atoms with E-state index in [4.69, 9.17) is 0 Å². The zero-order valence-corrected chi connectivity index (χ0v) is 35.3. The van der Waals surface area contributed by atoms with Gasteiger partial charge in [0.1, 0.15) is 12.4 Å². The van der Waals surface area contributed by atoms with E-state index in [1.807, 2.05) is 0 Å². The van der Waals surface area contributed by atoms with Crippen LogP contribution in [0.1, 0.15) is 296 Å². The van der Waals surface area contributed by atoms with E-state index in [9.17, 15) is 0 Å². The van der Waals surface area contributed by atoms with Crippen LogP contribution in [0.4, 0.5) is 0 Å². The van der Waals surface area contributed by atoms with Crippen LogP contribution in [-0.2, 0) is 0 Å². The molecule has 1 heterocycles. The summed E-state index contributed by atoms with van der Waals surface area (Å²) in [6.07, 6.45) is 60.6. The van der Waals surface area contributed by atoms with Crippen LogP contribution in [0, 0.1) is 0 Å². The number of aromatic amines is 1. The van der Waals surface area contributed by atoms with Gasteiger partial charge in [0.2, 0.25) is 0 Å². The summed E-state index contributed by atoms with van der Waals surface area (Å²) in [5.74, 6) is 2.25.